The number of aryl methyl sites for hydroxylation is 2. The van der Waals surface area contributed by atoms with E-state index in [0.717, 1.165) is 27.4 Å². The van der Waals surface area contributed by atoms with E-state index in [2.05, 4.69) is 15.7 Å². The van der Waals surface area contributed by atoms with Crippen LogP contribution in [0.1, 0.15) is 16.1 Å². The average molecular weight is 352 g/mol. The second-order valence-electron chi connectivity index (χ2n) is 5.83. The van der Waals surface area contributed by atoms with Crippen molar-refractivity contribution in [2.24, 2.45) is 0 Å². The van der Waals surface area contributed by atoms with E-state index >= 15 is 0 Å². The molecule has 25 heavy (non-hydrogen) atoms. The van der Waals surface area contributed by atoms with Crippen LogP contribution in [0.3, 0.4) is 0 Å². The number of amides is 1. The SMILES string of the molecule is Cc1ccc(OCC(=O)NCc2ccc(-c3csc(C)n3)cc2)cc1. The molecule has 1 aromatic heterocycles. The van der Waals surface area contributed by atoms with Crippen molar-refractivity contribution in [3.63, 3.8) is 0 Å². The Bertz CT molecular complexity index is 839. The Morgan fingerprint density at radius 2 is 1.80 bits per heavy atom. The first-order valence-corrected chi connectivity index (χ1v) is 8.96. The molecule has 0 saturated heterocycles. The van der Waals surface area contributed by atoms with E-state index < -0.39 is 0 Å². The molecule has 1 amide bonds. The summed E-state index contributed by atoms with van der Waals surface area (Å²) in [5.41, 5.74) is 4.28. The van der Waals surface area contributed by atoms with E-state index in [4.69, 9.17) is 4.74 Å². The fraction of sp³-hybridized carbons (Fsp3) is 0.200. The maximum Gasteiger partial charge on any atom is 0.258 e. The van der Waals surface area contributed by atoms with Crippen molar-refractivity contribution >= 4 is 17.2 Å². The van der Waals surface area contributed by atoms with Crippen LogP contribution >= 0.6 is 11.3 Å². The summed E-state index contributed by atoms with van der Waals surface area (Å²) < 4.78 is 5.47. The molecule has 0 unspecified atom stereocenters. The number of carbonyl (C=O) groups is 1. The van der Waals surface area contributed by atoms with Gasteiger partial charge in [0.25, 0.3) is 5.91 Å². The number of nitrogens with zero attached hydrogens (tertiary/aromatic N) is 1. The van der Waals surface area contributed by atoms with Gasteiger partial charge >= 0.3 is 0 Å². The molecule has 128 valence electrons. The van der Waals surface area contributed by atoms with Gasteiger partial charge < -0.3 is 10.1 Å². The number of thiazole rings is 1. The van der Waals surface area contributed by atoms with Crippen LogP contribution in [0.5, 0.6) is 5.75 Å². The van der Waals surface area contributed by atoms with Gasteiger partial charge in [-0.2, -0.15) is 0 Å². The van der Waals surface area contributed by atoms with Gasteiger partial charge in [-0.15, -0.1) is 11.3 Å². The number of ether oxygens (including phenoxy) is 1. The predicted octanol–water partition coefficient (Wildman–Crippen LogP) is 4.12. The molecule has 0 aliphatic carbocycles. The highest BCUT2D eigenvalue weighted by atomic mass is 32.1. The fourth-order valence-electron chi connectivity index (χ4n) is 2.32. The Hall–Kier alpha value is -2.66. The monoisotopic (exact) mass is 352 g/mol. The first kappa shape index (κ1) is 17.2. The molecule has 1 N–H and O–H groups in total. The molecular formula is C20H20N2O2S. The van der Waals surface area contributed by atoms with Crippen molar-refractivity contribution in [2.45, 2.75) is 20.4 Å². The summed E-state index contributed by atoms with van der Waals surface area (Å²) in [5.74, 6) is 0.559. The molecule has 3 rings (SSSR count). The van der Waals surface area contributed by atoms with Crippen LogP contribution < -0.4 is 10.1 Å². The average Bonchev–Trinajstić information content (AvgIpc) is 3.06. The maximum atomic E-state index is 11.9. The highest BCUT2D eigenvalue weighted by molar-refractivity contribution is 7.09. The Balaban J connectivity index is 1.47. The number of benzene rings is 2. The summed E-state index contributed by atoms with van der Waals surface area (Å²) in [5, 5.41) is 5.97. The molecular weight excluding hydrogens is 332 g/mol. The molecule has 2 aromatic carbocycles. The highest BCUT2D eigenvalue weighted by Crippen LogP contribution is 2.21. The minimum absolute atomic E-state index is 0.0131. The topological polar surface area (TPSA) is 51.2 Å². The van der Waals surface area contributed by atoms with Crippen molar-refractivity contribution < 1.29 is 9.53 Å². The zero-order valence-electron chi connectivity index (χ0n) is 14.3. The predicted molar refractivity (Wildman–Crippen MR) is 101 cm³/mol. The van der Waals surface area contributed by atoms with E-state index in [1.54, 1.807) is 11.3 Å². The molecule has 1 heterocycles. The third-order valence-corrected chi connectivity index (χ3v) is 4.52. The van der Waals surface area contributed by atoms with Gasteiger partial charge in [0.15, 0.2) is 6.61 Å². The number of aromatic nitrogens is 1. The van der Waals surface area contributed by atoms with Crippen molar-refractivity contribution in [1.29, 1.82) is 0 Å². The minimum Gasteiger partial charge on any atom is -0.484 e. The summed E-state index contributed by atoms with van der Waals surface area (Å²) in [6, 6.07) is 15.7. The van der Waals surface area contributed by atoms with Crippen molar-refractivity contribution in [2.75, 3.05) is 6.61 Å². The van der Waals surface area contributed by atoms with Gasteiger partial charge in [0.05, 0.1) is 10.7 Å². The van der Waals surface area contributed by atoms with Crippen molar-refractivity contribution in [3.05, 3.63) is 70.0 Å². The third-order valence-electron chi connectivity index (χ3n) is 3.75. The molecule has 3 aromatic rings. The van der Waals surface area contributed by atoms with Gasteiger partial charge in [-0.05, 0) is 31.5 Å². The highest BCUT2D eigenvalue weighted by Gasteiger charge is 2.05. The summed E-state index contributed by atoms with van der Waals surface area (Å²) in [6.45, 7) is 4.50. The molecule has 5 heteroatoms. The molecule has 0 aliphatic heterocycles. The number of hydrogen-bond donors (Lipinski definition) is 1. The summed E-state index contributed by atoms with van der Waals surface area (Å²) >= 11 is 1.64. The van der Waals surface area contributed by atoms with Gasteiger partial charge in [0.1, 0.15) is 5.75 Å². The number of nitrogens with one attached hydrogen (secondary N) is 1. The Morgan fingerprint density at radius 1 is 1.08 bits per heavy atom. The summed E-state index contributed by atoms with van der Waals surface area (Å²) in [6.07, 6.45) is 0. The van der Waals surface area contributed by atoms with E-state index in [-0.39, 0.29) is 12.5 Å². The standard InChI is InChI=1S/C20H20N2O2S/c1-14-3-9-18(10-4-14)24-12-20(23)21-11-16-5-7-17(8-6-16)19-13-25-15(2)22-19/h3-10,13H,11-12H2,1-2H3,(H,21,23). The zero-order valence-corrected chi connectivity index (χ0v) is 15.1. The Labute approximate surface area is 151 Å². The lowest BCUT2D eigenvalue weighted by atomic mass is 10.1. The number of rotatable bonds is 6. The van der Waals surface area contributed by atoms with Crippen LogP contribution in [0, 0.1) is 13.8 Å². The lowest BCUT2D eigenvalue weighted by molar-refractivity contribution is -0.123. The maximum absolute atomic E-state index is 11.9. The smallest absolute Gasteiger partial charge is 0.258 e. The van der Waals surface area contributed by atoms with Gasteiger partial charge in [-0.1, -0.05) is 42.0 Å². The Kier molecular flexibility index (Phi) is 5.46. The van der Waals surface area contributed by atoms with Crippen molar-refractivity contribution in [1.82, 2.24) is 10.3 Å². The normalized spacial score (nSPS) is 10.5. The third kappa shape index (κ3) is 4.90. The second kappa shape index (κ2) is 7.94. The first-order valence-electron chi connectivity index (χ1n) is 8.08. The molecule has 4 nitrogen and oxygen atoms in total. The quantitative estimate of drug-likeness (QED) is 0.726. The first-order chi connectivity index (χ1) is 12.1. The van der Waals surface area contributed by atoms with Crippen molar-refractivity contribution in [3.8, 4) is 17.0 Å². The number of carbonyl (C=O) groups excluding carboxylic acids is 1. The molecule has 0 radical (unpaired) electrons. The lowest BCUT2D eigenvalue weighted by Crippen LogP contribution is -2.28. The van der Waals surface area contributed by atoms with Gasteiger partial charge in [-0.25, -0.2) is 4.98 Å². The van der Waals surface area contributed by atoms with Crippen LogP contribution in [-0.4, -0.2) is 17.5 Å². The lowest BCUT2D eigenvalue weighted by Gasteiger charge is -2.08. The number of hydrogen-bond acceptors (Lipinski definition) is 4. The van der Waals surface area contributed by atoms with Crippen LogP contribution in [0.15, 0.2) is 53.9 Å². The van der Waals surface area contributed by atoms with E-state index in [0.29, 0.717) is 12.3 Å². The second-order valence-corrected chi connectivity index (χ2v) is 6.89. The minimum atomic E-state index is -0.139. The van der Waals surface area contributed by atoms with Gasteiger partial charge in [0.2, 0.25) is 0 Å². The molecule has 0 fully saturated rings. The largest absolute Gasteiger partial charge is 0.484 e. The Morgan fingerprint density at radius 3 is 2.44 bits per heavy atom. The fourth-order valence-corrected chi connectivity index (χ4v) is 2.95. The van der Waals surface area contributed by atoms with Crippen LogP contribution in [0.2, 0.25) is 0 Å². The molecule has 0 saturated carbocycles. The molecule has 0 aliphatic rings. The van der Waals surface area contributed by atoms with Crippen LogP contribution in [0.25, 0.3) is 11.3 Å². The van der Waals surface area contributed by atoms with E-state index in [9.17, 15) is 4.79 Å². The van der Waals surface area contributed by atoms with E-state index in [1.807, 2.05) is 62.4 Å². The molecule has 0 spiro atoms. The van der Waals surface area contributed by atoms with Crippen LogP contribution in [-0.2, 0) is 11.3 Å². The molecule has 0 bridgehead atoms. The van der Waals surface area contributed by atoms with E-state index in [1.165, 1.54) is 0 Å². The van der Waals surface area contributed by atoms with Crippen LogP contribution in [0.4, 0.5) is 0 Å². The molecule has 0 atom stereocenters. The zero-order chi connectivity index (χ0) is 17.6. The summed E-state index contributed by atoms with van der Waals surface area (Å²) in [4.78, 5) is 16.4. The van der Waals surface area contributed by atoms with Gasteiger partial charge in [0, 0.05) is 17.5 Å². The van der Waals surface area contributed by atoms with Gasteiger partial charge in [-0.3, -0.25) is 4.79 Å². The summed E-state index contributed by atoms with van der Waals surface area (Å²) in [7, 11) is 0.